The first-order chi connectivity index (χ1) is 15.4. The minimum absolute atomic E-state index is 0.00681. The summed E-state index contributed by atoms with van der Waals surface area (Å²) in [4.78, 5) is 31.8. The molecule has 1 amide bonds. The van der Waals surface area contributed by atoms with Gasteiger partial charge in [0.15, 0.2) is 17.5 Å². The summed E-state index contributed by atoms with van der Waals surface area (Å²) in [5, 5.41) is 4.14. The second-order valence-electron chi connectivity index (χ2n) is 7.78. The van der Waals surface area contributed by atoms with Gasteiger partial charge in [0.1, 0.15) is 18.7 Å². The molecule has 2 unspecified atom stereocenters. The summed E-state index contributed by atoms with van der Waals surface area (Å²) in [7, 11) is 1.87. The van der Waals surface area contributed by atoms with Gasteiger partial charge < -0.3 is 14.0 Å². The van der Waals surface area contributed by atoms with Gasteiger partial charge in [-0.15, -0.1) is 0 Å². The second kappa shape index (κ2) is 9.03. The molecule has 1 aliphatic rings. The lowest BCUT2D eigenvalue weighted by molar-refractivity contribution is -0.115. The van der Waals surface area contributed by atoms with E-state index < -0.39 is 5.82 Å². The van der Waals surface area contributed by atoms with E-state index in [4.69, 9.17) is 16.1 Å². The summed E-state index contributed by atoms with van der Waals surface area (Å²) in [5.41, 5.74) is 0.879. The first-order valence-electron chi connectivity index (χ1n) is 9.97. The molecule has 0 radical (unpaired) electrons. The summed E-state index contributed by atoms with van der Waals surface area (Å²) < 4.78 is 20.6. The minimum Gasteiger partial charge on any atom is -0.356 e. The number of imidazole rings is 1. The quantitative estimate of drug-likeness (QED) is 0.303. The molecule has 4 heterocycles. The molecule has 168 valence electrons. The fourth-order valence-electron chi connectivity index (χ4n) is 3.55. The predicted octanol–water partition coefficient (Wildman–Crippen LogP) is 2.86. The molecule has 1 fully saturated rings. The average molecular weight is 461 g/mol. The number of amides is 1. The Hall–Kier alpha value is -3.34. The zero-order valence-corrected chi connectivity index (χ0v) is 18.6. The monoisotopic (exact) mass is 460 g/mol. The molecule has 32 heavy (non-hydrogen) atoms. The van der Waals surface area contributed by atoms with E-state index in [9.17, 15) is 9.18 Å². The van der Waals surface area contributed by atoms with Crippen molar-refractivity contribution in [1.29, 1.82) is 0 Å². The van der Waals surface area contributed by atoms with E-state index in [0.29, 0.717) is 42.9 Å². The van der Waals surface area contributed by atoms with Crippen molar-refractivity contribution >= 4 is 36.0 Å². The van der Waals surface area contributed by atoms with Crippen molar-refractivity contribution in [1.82, 2.24) is 29.6 Å². The lowest BCUT2D eigenvalue weighted by Crippen LogP contribution is -2.21. The number of hydrogen-bond donors (Lipinski definition) is 0. The normalized spacial score (nSPS) is 18.6. The maximum absolute atomic E-state index is 13.4. The second-order valence-corrected chi connectivity index (χ2v) is 8.19. The van der Waals surface area contributed by atoms with Crippen molar-refractivity contribution in [3.05, 3.63) is 46.8 Å². The SMILES string of the molecule is Cc1c(/N=C\N(C=O)Cc2nc(C3CN(c4cc(Cl)c(F)cn4)CC3C)no2)ncn1C. The van der Waals surface area contributed by atoms with Crippen LogP contribution in [0.3, 0.4) is 0 Å². The molecule has 0 bridgehead atoms. The molecule has 2 atom stereocenters. The molecule has 0 saturated carbocycles. The topological polar surface area (TPSA) is 106 Å². The van der Waals surface area contributed by atoms with Gasteiger partial charge in [-0.1, -0.05) is 23.7 Å². The van der Waals surface area contributed by atoms with Crippen LogP contribution >= 0.6 is 11.6 Å². The third-order valence-corrected chi connectivity index (χ3v) is 5.82. The van der Waals surface area contributed by atoms with Crippen LogP contribution in [0.1, 0.15) is 30.3 Å². The Morgan fingerprint density at radius 2 is 2.22 bits per heavy atom. The molecular weight excluding hydrogens is 439 g/mol. The van der Waals surface area contributed by atoms with Gasteiger partial charge in [-0.05, 0) is 12.8 Å². The predicted molar refractivity (Wildman–Crippen MR) is 115 cm³/mol. The first-order valence-corrected chi connectivity index (χ1v) is 10.3. The van der Waals surface area contributed by atoms with Crippen LogP contribution in [0.2, 0.25) is 5.02 Å². The highest BCUT2D eigenvalue weighted by atomic mass is 35.5. The molecule has 0 aliphatic carbocycles. The molecule has 4 rings (SSSR count). The number of pyridine rings is 1. The zero-order chi connectivity index (χ0) is 22.8. The van der Waals surface area contributed by atoms with E-state index in [0.717, 1.165) is 11.9 Å². The molecule has 0 aromatic carbocycles. The highest BCUT2D eigenvalue weighted by Crippen LogP contribution is 2.34. The van der Waals surface area contributed by atoms with Crippen LogP contribution in [0, 0.1) is 18.7 Å². The molecule has 10 nitrogen and oxygen atoms in total. The van der Waals surface area contributed by atoms with Crippen LogP contribution in [0.5, 0.6) is 0 Å². The third kappa shape index (κ3) is 4.47. The van der Waals surface area contributed by atoms with E-state index in [1.54, 1.807) is 6.33 Å². The van der Waals surface area contributed by atoms with Crippen LogP contribution in [-0.4, -0.2) is 55.4 Å². The smallest absolute Gasteiger partial charge is 0.246 e. The first kappa shape index (κ1) is 21.9. The zero-order valence-electron chi connectivity index (χ0n) is 17.8. The molecular formula is C20H22ClFN8O2. The van der Waals surface area contributed by atoms with E-state index in [1.807, 2.05) is 23.4 Å². The highest BCUT2D eigenvalue weighted by molar-refractivity contribution is 6.30. The molecule has 0 N–H and O–H groups in total. The number of rotatable bonds is 7. The molecule has 1 aliphatic heterocycles. The Morgan fingerprint density at radius 3 is 2.91 bits per heavy atom. The molecule has 3 aromatic rings. The van der Waals surface area contributed by atoms with Gasteiger partial charge >= 0.3 is 0 Å². The van der Waals surface area contributed by atoms with E-state index in [1.165, 1.54) is 17.3 Å². The summed E-state index contributed by atoms with van der Waals surface area (Å²) in [6.45, 7) is 5.33. The molecule has 0 spiro atoms. The standard InChI is InChI=1S/C20H22ClFN8O2/c1-12-6-30(17-4-15(21)16(22)5-23-17)7-14(12)20-26-18(32-27-20)8-29(11-31)10-25-19-13(2)28(3)9-24-19/h4-5,9-12,14H,6-8H2,1-3H3/b25-10-. The summed E-state index contributed by atoms with van der Waals surface area (Å²) in [6, 6.07) is 1.51. The van der Waals surface area contributed by atoms with Crippen molar-refractivity contribution in [3.63, 3.8) is 0 Å². The van der Waals surface area contributed by atoms with Gasteiger partial charge in [0.05, 0.1) is 23.2 Å². The Kier molecular flexibility index (Phi) is 6.17. The van der Waals surface area contributed by atoms with Crippen molar-refractivity contribution in [2.45, 2.75) is 26.3 Å². The van der Waals surface area contributed by atoms with Gasteiger partial charge in [-0.3, -0.25) is 9.69 Å². The summed E-state index contributed by atoms with van der Waals surface area (Å²) in [5.74, 6) is 1.62. The van der Waals surface area contributed by atoms with E-state index in [-0.39, 0.29) is 23.4 Å². The number of aromatic nitrogens is 5. The molecule has 12 heteroatoms. The van der Waals surface area contributed by atoms with Gasteiger partial charge in [-0.2, -0.15) is 4.98 Å². The number of aliphatic imine (C=N–C) groups is 1. The maximum Gasteiger partial charge on any atom is 0.246 e. The Morgan fingerprint density at radius 1 is 1.41 bits per heavy atom. The Labute approximate surface area is 188 Å². The largest absolute Gasteiger partial charge is 0.356 e. The van der Waals surface area contributed by atoms with Gasteiger partial charge in [-0.25, -0.2) is 19.4 Å². The number of hydrogen-bond acceptors (Lipinski definition) is 8. The number of anilines is 1. The van der Waals surface area contributed by atoms with Crippen molar-refractivity contribution in [2.75, 3.05) is 18.0 Å². The summed E-state index contributed by atoms with van der Waals surface area (Å²) >= 11 is 5.89. The van der Waals surface area contributed by atoms with Crippen molar-refractivity contribution < 1.29 is 13.7 Å². The van der Waals surface area contributed by atoms with Gasteiger partial charge in [0, 0.05) is 32.1 Å². The Balaban J connectivity index is 1.43. The van der Waals surface area contributed by atoms with Gasteiger partial charge in [0.2, 0.25) is 12.3 Å². The van der Waals surface area contributed by atoms with Crippen molar-refractivity contribution in [3.8, 4) is 0 Å². The van der Waals surface area contributed by atoms with Gasteiger partial charge in [0.25, 0.3) is 0 Å². The number of nitrogens with zero attached hydrogens (tertiary/aromatic N) is 8. The number of aryl methyl sites for hydroxylation is 1. The van der Waals surface area contributed by atoms with Crippen LogP contribution in [0.15, 0.2) is 28.1 Å². The fraction of sp³-hybridized carbons (Fsp3) is 0.400. The maximum atomic E-state index is 13.4. The average Bonchev–Trinajstić information content (AvgIpc) is 3.47. The van der Waals surface area contributed by atoms with Crippen LogP contribution in [-0.2, 0) is 18.4 Å². The lowest BCUT2D eigenvalue weighted by Gasteiger charge is -2.17. The van der Waals surface area contributed by atoms with Crippen LogP contribution in [0.25, 0.3) is 0 Å². The fourth-order valence-corrected chi connectivity index (χ4v) is 3.69. The van der Waals surface area contributed by atoms with Crippen LogP contribution < -0.4 is 4.90 Å². The summed E-state index contributed by atoms with van der Waals surface area (Å²) in [6.07, 6.45) is 4.79. The Bertz CT molecular complexity index is 1150. The molecule has 3 aromatic heterocycles. The number of carbonyl (C=O) groups is 1. The van der Waals surface area contributed by atoms with Crippen LogP contribution in [0.4, 0.5) is 16.0 Å². The lowest BCUT2D eigenvalue weighted by atomic mass is 9.98. The third-order valence-electron chi connectivity index (χ3n) is 5.53. The van der Waals surface area contributed by atoms with Crippen molar-refractivity contribution in [2.24, 2.45) is 18.0 Å². The minimum atomic E-state index is -0.552. The number of halogens is 2. The van der Waals surface area contributed by atoms with E-state index in [2.05, 4.69) is 32.0 Å². The number of carbonyl (C=O) groups excluding carboxylic acids is 1. The highest BCUT2D eigenvalue weighted by Gasteiger charge is 2.35. The van der Waals surface area contributed by atoms with E-state index >= 15 is 0 Å². The molecule has 1 saturated heterocycles.